The predicted octanol–water partition coefficient (Wildman–Crippen LogP) is -0.388. The van der Waals surface area contributed by atoms with E-state index >= 15 is 0 Å². The zero-order valence-corrected chi connectivity index (χ0v) is 5.74. The van der Waals surface area contributed by atoms with Crippen molar-refractivity contribution in [3.63, 3.8) is 0 Å². The third-order valence-corrected chi connectivity index (χ3v) is 0. The fourth-order valence-electron chi connectivity index (χ4n) is 0. The molecular formula is CoLiNiTi. The Bertz CT molecular complexity index is 8.00. The fourth-order valence-corrected chi connectivity index (χ4v) is 0. The van der Waals surface area contributed by atoms with Crippen LogP contribution in [0.3, 0.4) is 0 Å². The summed E-state index contributed by atoms with van der Waals surface area (Å²) < 4.78 is 0. The number of rotatable bonds is 0. The summed E-state index contributed by atoms with van der Waals surface area (Å²) in [6.45, 7) is 0. The van der Waals surface area contributed by atoms with Gasteiger partial charge in [0.25, 0.3) is 0 Å². The van der Waals surface area contributed by atoms with E-state index < -0.39 is 0 Å². The molecule has 0 spiro atoms. The molecule has 4 heteroatoms. The van der Waals surface area contributed by atoms with Crippen molar-refractivity contribution in [3.05, 3.63) is 0 Å². The summed E-state index contributed by atoms with van der Waals surface area (Å²) in [5.74, 6) is 0. The van der Waals surface area contributed by atoms with Gasteiger partial charge in [-0.2, -0.15) is 0 Å². The van der Waals surface area contributed by atoms with Crippen molar-refractivity contribution >= 4 is 18.9 Å². The van der Waals surface area contributed by atoms with Crippen LogP contribution in [0.4, 0.5) is 0 Å². The first kappa shape index (κ1) is 33.3. The van der Waals surface area contributed by atoms with Crippen molar-refractivity contribution in [3.8, 4) is 0 Å². The van der Waals surface area contributed by atoms with E-state index in [1.807, 2.05) is 0 Å². The number of hydrogen-bond donors (Lipinski definition) is 0. The van der Waals surface area contributed by atoms with Gasteiger partial charge in [0.15, 0.2) is 0 Å². The first-order valence-corrected chi connectivity index (χ1v) is 0. The Morgan fingerprint density at radius 3 is 1.00 bits per heavy atom. The van der Waals surface area contributed by atoms with Crippen LogP contribution >= 0.6 is 0 Å². The summed E-state index contributed by atoms with van der Waals surface area (Å²) >= 11 is 0. The van der Waals surface area contributed by atoms with Gasteiger partial charge in [0.2, 0.25) is 0 Å². The van der Waals surface area contributed by atoms with Crippen LogP contribution in [0.15, 0.2) is 0 Å². The van der Waals surface area contributed by atoms with E-state index in [2.05, 4.69) is 0 Å². The van der Waals surface area contributed by atoms with Crippen LogP contribution < -0.4 is 0 Å². The van der Waals surface area contributed by atoms with Gasteiger partial charge in [0.1, 0.15) is 0 Å². The second-order valence-electron chi connectivity index (χ2n) is 0. The molecule has 0 amide bonds. The summed E-state index contributed by atoms with van der Waals surface area (Å²) in [4.78, 5) is 0. The van der Waals surface area contributed by atoms with E-state index in [9.17, 15) is 0 Å². The Morgan fingerprint density at radius 2 is 1.00 bits per heavy atom. The average molecular weight is 172 g/mol. The van der Waals surface area contributed by atoms with Crippen LogP contribution in [0.25, 0.3) is 0 Å². The van der Waals surface area contributed by atoms with E-state index in [-0.39, 0.29) is 73.8 Å². The molecular weight excluding hydrogens is 172 g/mol. The van der Waals surface area contributed by atoms with Gasteiger partial charge in [-0.05, 0) is 0 Å². The van der Waals surface area contributed by atoms with Crippen LogP contribution in [0.1, 0.15) is 0 Å². The molecule has 0 aliphatic rings. The molecule has 0 rings (SSSR count). The van der Waals surface area contributed by atoms with Crippen LogP contribution in [0, 0.1) is 0 Å². The van der Waals surface area contributed by atoms with E-state index in [0.29, 0.717) is 0 Å². The zero-order chi connectivity index (χ0) is 0. The maximum Gasteiger partial charge on any atom is 0 e. The van der Waals surface area contributed by atoms with Gasteiger partial charge in [0, 0.05) is 73.8 Å². The third kappa shape index (κ3) is 8.85. The molecule has 0 atom stereocenters. The molecule has 2 radical (unpaired) electrons. The monoisotopic (exact) mass is 172 g/mol. The quantitative estimate of drug-likeness (QED) is 0.437. The van der Waals surface area contributed by atoms with Crippen LogP contribution in [-0.4, -0.2) is 18.9 Å². The summed E-state index contributed by atoms with van der Waals surface area (Å²) in [6.07, 6.45) is 0. The maximum atomic E-state index is 0. The van der Waals surface area contributed by atoms with Crippen LogP contribution in [0.2, 0.25) is 0 Å². The maximum absolute atomic E-state index is 0. The van der Waals surface area contributed by atoms with E-state index in [0.717, 1.165) is 0 Å². The second kappa shape index (κ2) is 18.5. The molecule has 0 saturated carbocycles. The van der Waals surface area contributed by atoms with Gasteiger partial charge in [-0.1, -0.05) is 0 Å². The predicted molar refractivity (Wildman–Crippen MR) is 5.75 cm³/mol. The summed E-state index contributed by atoms with van der Waals surface area (Å²) in [5, 5.41) is 0. The molecule has 0 aliphatic carbocycles. The Kier molecular flexibility index (Phi) is 154. The normalized spacial score (nSPS) is 0. The molecule has 0 aromatic rings. The van der Waals surface area contributed by atoms with Crippen molar-refractivity contribution in [2.24, 2.45) is 0 Å². The summed E-state index contributed by atoms with van der Waals surface area (Å²) in [6, 6.07) is 0. The Labute approximate surface area is 73.0 Å². The molecule has 0 nitrogen and oxygen atoms in total. The molecule has 4 heavy (non-hydrogen) atoms. The smallest absolute Gasteiger partial charge is 0 e. The Balaban J connectivity index is 0. The van der Waals surface area contributed by atoms with Gasteiger partial charge in [-0.15, -0.1) is 0 Å². The summed E-state index contributed by atoms with van der Waals surface area (Å²) in [5.41, 5.74) is 0. The largest absolute Gasteiger partial charge is 0 e. The topological polar surface area (TPSA) is 0 Å². The molecule has 24 valence electrons. The molecule has 0 fully saturated rings. The fraction of sp³-hybridized carbons (Fsp3) is 0. The Hall–Kier alpha value is 2.31. The minimum Gasteiger partial charge on any atom is 0 e. The minimum absolute atomic E-state index is 0. The SMILES string of the molecule is [Co].[Li].[Ni].[Ti]. The van der Waals surface area contributed by atoms with Crippen LogP contribution in [-0.2, 0) is 55.0 Å². The third-order valence-electron chi connectivity index (χ3n) is 0. The van der Waals surface area contributed by atoms with Crippen molar-refractivity contribution in [2.75, 3.05) is 0 Å². The average Bonchev–Trinajstić information content (AvgIpc) is 0. The minimum atomic E-state index is 0. The van der Waals surface area contributed by atoms with Gasteiger partial charge >= 0.3 is 0 Å². The molecule has 0 heterocycles. The molecule has 0 saturated heterocycles. The van der Waals surface area contributed by atoms with Crippen molar-refractivity contribution in [1.82, 2.24) is 0 Å². The van der Waals surface area contributed by atoms with E-state index in [1.165, 1.54) is 0 Å². The van der Waals surface area contributed by atoms with Gasteiger partial charge in [-0.3, -0.25) is 0 Å². The molecule has 0 aliphatic heterocycles. The van der Waals surface area contributed by atoms with Gasteiger partial charge < -0.3 is 0 Å². The zero-order valence-electron chi connectivity index (χ0n) is 2.15. The first-order valence-electron chi connectivity index (χ1n) is 0. The molecule has 0 aromatic carbocycles. The second-order valence-corrected chi connectivity index (χ2v) is 0. The summed E-state index contributed by atoms with van der Waals surface area (Å²) in [7, 11) is 0. The Morgan fingerprint density at radius 1 is 1.00 bits per heavy atom. The van der Waals surface area contributed by atoms with Gasteiger partial charge in [-0.25, -0.2) is 0 Å². The standard InChI is InChI=1S/Co.Li.Ni.Ti. The first-order chi connectivity index (χ1) is 0. The van der Waals surface area contributed by atoms with Crippen molar-refractivity contribution in [2.45, 2.75) is 0 Å². The number of hydrogen-bond acceptors (Lipinski definition) is 0. The van der Waals surface area contributed by atoms with Crippen LogP contribution in [0.5, 0.6) is 0 Å². The van der Waals surface area contributed by atoms with Crippen molar-refractivity contribution < 1.29 is 55.0 Å². The van der Waals surface area contributed by atoms with Gasteiger partial charge in [0.05, 0.1) is 0 Å². The molecule has 0 unspecified atom stereocenters. The molecule has 0 N–H and O–H groups in total. The van der Waals surface area contributed by atoms with E-state index in [4.69, 9.17) is 0 Å². The van der Waals surface area contributed by atoms with E-state index in [1.54, 1.807) is 0 Å². The van der Waals surface area contributed by atoms with Crippen molar-refractivity contribution in [1.29, 1.82) is 0 Å². The molecule has 0 bridgehead atoms. The molecule has 0 aromatic heterocycles.